The van der Waals surface area contributed by atoms with Gasteiger partial charge in [-0.25, -0.2) is 8.42 Å². The van der Waals surface area contributed by atoms with Gasteiger partial charge in [0.25, 0.3) is 5.91 Å². The van der Waals surface area contributed by atoms with Gasteiger partial charge in [0.05, 0.1) is 15.3 Å². The lowest BCUT2D eigenvalue weighted by molar-refractivity contribution is -0.124. The Bertz CT molecular complexity index is 1430. The molecule has 0 saturated carbocycles. The van der Waals surface area contributed by atoms with Gasteiger partial charge in [-0.2, -0.15) is 9.57 Å². The van der Waals surface area contributed by atoms with Gasteiger partial charge >= 0.3 is 0 Å². The summed E-state index contributed by atoms with van der Waals surface area (Å²) in [6.45, 7) is 4.54. The van der Waals surface area contributed by atoms with Crippen LogP contribution in [0.5, 0.6) is 0 Å². The molecule has 0 aliphatic carbocycles. The van der Waals surface area contributed by atoms with Crippen LogP contribution in [0.25, 0.3) is 10.1 Å². The van der Waals surface area contributed by atoms with E-state index in [0.29, 0.717) is 37.1 Å². The van der Waals surface area contributed by atoms with Crippen molar-refractivity contribution in [3.8, 4) is 6.07 Å². The quantitative estimate of drug-likeness (QED) is 0.432. The van der Waals surface area contributed by atoms with Crippen molar-refractivity contribution in [2.75, 3.05) is 13.1 Å². The van der Waals surface area contributed by atoms with Crippen LogP contribution < -0.4 is 10.6 Å². The second-order valence-corrected chi connectivity index (χ2v) is 12.9. The van der Waals surface area contributed by atoms with Crippen molar-refractivity contribution in [1.29, 1.82) is 5.26 Å². The number of thiophene rings is 1. The van der Waals surface area contributed by atoms with E-state index >= 15 is 0 Å². The van der Waals surface area contributed by atoms with Crippen molar-refractivity contribution in [1.82, 2.24) is 14.9 Å². The number of rotatable bonds is 8. The summed E-state index contributed by atoms with van der Waals surface area (Å²) < 4.78 is 28.9. The number of benzene rings is 2. The molecule has 10 heteroatoms. The summed E-state index contributed by atoms with van der Waals surface area (Å²) in [4.78, 5) is 26.9. The number of hydrogen-bond acceptors (Lipinski definition) is 6. The molecule has 2 aromatic carbocycles. The van der Waals surface area contributed by atoms with Crippen molar-refractivity contribution in [3.63, 3.8) is 0 Å². The molecule has 0 unspecified atom stereocenters. The predicted molar refractivity (Wildman–Crippen MR) is 148 cm³/mol. The van der Waals surface area contributed by atoms with Gasteiger partial charge in [0.1, 0.15) is 12.1 Å². The smallest absolute Gasteiger partial charge is 0.262 e. The normalized spacial score (nSPS) is 17.5. The minimum absolute atomic E-state index is 0.00549. The molecule has 2 N–H and O–H groups in total. The van der Waals surface area contributed by atoms with E-state index in [4.69, 9.17) is 0 Å². The maximum atomic E-state index is 13.3. The Morgan fingerprint density at radius 1 is 1.11 bits per heavy atom. The van der Waals surface area contributed by atoms with Crippen LogP contribution in [0.1, 0.15) is 54.8 Å². The molecule has 0 spiro atoms. The summed E-state index contributed by atoms with van der Waals surface area (Å²) in [7, 11) is -3.83. The SMILES string of the molecule is CC(C)C[C@H](NC(=O)c1cc2ccccc2s1)C(=O)N[C@@H]1CCCN(S(=O)(=O)c2ccccc2C#N)CC1. The van der Waals surface area contributed by atoms with Crippen LogP contribution in [0.3, 0.4) is 0 Å². The molecule has 2 heterocycles. The van der Waals surface area contributed by atoms with Crippen LogP contribution in [0.2, 0.25) is 0 Å². The zero-order chi connectivity index (χ0) is 27.3. The highest BCUT2D eigenvalue weighted by molar-refractivity contribution is 7.89. The van der Waals surface area contributed by atoms with Crippen LogP contribution in [0.15, 0.2) is 59.5 Å². The molecule has 4 rings (SSSR count). The van der Waals surface area contributed by atoms with Gasteiger partial charge < -0.3 is 10.6 Å². The van der Waals surface area contributed by atoms with E-state index in [1.165, 1.54) is 27.8 Å². The monoisotopic (exact) mass is 552 g/mol. The van der Waals surface area contributed by atoms with E-state index in [0.717, 1.165) is 10.1 Å². The number of nitriles is 1. The van der Waals surface area contributed by atoms with Gasteiger partial charge in [-0.1, -0.05) is 44.2 Å². The largest absolute Gasteiger partial charge is 0.352 e. The molecule has 2 atom stereocenters. The average Bonchev–Trinajstić information content (AvgIpc) is 3.20. The highest BCUT2D eigenvalue weighted by Gasteiger charge is 2.31. The Labute approximate surface area is 227 Å². The van der Waals surface area contributed by atoms with E-state index in [2.05, 4.69) is 10.6 Å². The van der Waals surface area contributed by atoms with Gasteiger partial charge in [0.2, 0.25) is 15.9 Å². The minimum atomic E-state index is -3.83. The third-order valence-electron chi connectivity index (χ3n) is 6.64. The summed E-state index contributed by atoms with van der Waals surface area (Å²) >= 11 is 1.39. The maximum Gasteiger partial charge on any atom is 0.262 e. The van der Waals surface area contributed by atoms with Crippen LogP contribution in [-0.2, 0) is 14.8 Å². The Morgan fingerprint density at radius 3 is 2.58 bits per heavy atom. The molecule has 1 saturated heterocycles. The fourth-order valence-corrected chi connectivity index (χ4v) is 7.31. The predicted octanol–water partition coefficient (Wildman–Crippen LogP) is 4.28. The molecule has 8 nitrogen and oxygen atoms in total. The number of hydrogen-bond donors (Lipinski definition) is 2. The molecule has 200 valence electrons. The average molecular weight is 553 g/mol. The highest BCUT2D eigenvalue weighted by atomic mass is 32.2. The van der Waals surface area contributed by atoms with Gasteiger partial charge in [-0.15, -0.1) is 11.3 Å². The van der Waals surface area contributed by atoms with E-state index in [1.54, 1.807) is 12.1 Å². The molecule has 38 heavy (non-hydrogen) atoms. The Morgan fingerprint density at radius 2 is 1.84 bits per heavy atom. The van der Waals surface area contributed by atoms with Gasteiger partial charge in [-0.3, -0.25) is 9.59 Å². The van der Waals surface area contributed by atoms with Crippen LogP contribution in [0, 0.1) is 17.2 Å². The number of sulfonamides is 1. The Kier molecular flexibility index (Phi) is 8.82. The topological polar surface area (TPSA) is 119 Å². The summed E-state index contributed by atoms with van der Waals surface area (Å²) in [6, 6.07) is 16.8. The van der Waals surface area contributed by atoms with E-state index in [-0.39, 0.29) is 40.8 Å². The summed E-state index contributed by atoms with van der Waals surface area (Å²) in [6.07, 6.45) is 2.12. The first kappa shape index (κ1) is 27.8. The van der Waals surface area contributed by atoms with Crippen LogP contribution in [-0.4, -0.2) is 49.7 Å². The first-order chi connectivity index (χ1) is 18.2. The molecule has 1 aliphatic heterocycles. The van der Waals surface area contributed by atoms with Gasteiger partial charge in [0, 0.05) is 23.8 Å². The standard InChI is InChI=1S/C28H32N4O4S2/c1-19(2)16-23(31-28(34)25-17-20-8-3-5-11-24(20)37-25)27(33)30-22-10-7-14-32(15-13-22)38(35,36)26-12-6-4-9-21(26)18-29/h3-6,8-9,11-12,17,19,22-23H,7,10,13-16H2,1-2H3,(H,30,33)(H,31,34)/t22-,23+/m1/s1. The van der Waals surface area contributed by atoms with E-state index in [9.17, 15) is 23.3 Å². The third-order valence-corrected chi connectivity index (χ3v) is 9.71. The van der Waals surface area contributed by atoms with Crippen LogP contribution in [0.4, 0.5) is 0 Å². The number of fused-ring (bicyclic) bond motifs is 1. The van der Waals surface area contributed by atoms with Crippen molar-refractivity contribution >= 4 is 43.3 Å². The second-order valence-electron chi connectivity index (χ2n) is 9.95. The summed E-state index contributed by atoms with van der Waals surface area (Å²) in [5.74, 6) is -0.353. The van der Waals surface area contributed by atoms with Crippen molar-refractivity contribution in [2.45, 2.75) is 56.5 Å². The lowest BCUT2D eigenvalue weighted by atomic mass is 10.0. The second kappa shape index (κ2) is 12.1. The minimum Gasteiger partial charge on any atom is -0.352 e. The van der Waals surface area contributed by atoms with Crippen LogP contribution >= 0.6 is 11.3 Å². The van der Waals surface area contributed by atoms with Crippen molar-refractivity contribution < 1.29 is 18.0 Å². The van der Waals surface area contributed by atoms with Gasteiger partial charge in [0.15, 0.2) is 0 Å². The fraction of sp³-hybridized carbons (Fsp3) is 0.393. The van der Waals surface area contributed by atoms with Gasteiger partial charge in [-0.05, 0) is 61.3 Å². The molecular formula is C28H32N4O4S2. The molecule has 1 aliphatic rings. The first-order valence-corrected chi connectivity index (χ1v) is 15.0. The number of carbonyl (C=O) groups excluding carboxylic acids is 2. The maximum absolute atomic E-state index is 13.3. The first-order valence-electron chi connectivity index (χ1n) is 12.8. The molecule has 0 radical (unpaired) electrons. The molecular weight excluding hydrogens is 520 g/mol. The molecule has 0 bridgehead atoms. The third kappa shape index (κ3) is 6.41. The summed E-state index contributed by atoms with van der Waals surface area (Å²) in [5.41, 5.74) is 0.118. The number of nitrogens with zero attached hydrogens (tertiary/aromatic N) is 2. The molecule has 1 aromatic heterocycles. The number of carbonyl (C=O) groups is 2. The zero-order valence-electron chi connectivity index (χ0n) is 21.5. The number of amides is 2. The zero-order valence-corrected chi connectivity index (χ0v) is 23.1. The molecule has 3 aromatic rings. The molecule has 1 fully saturated rings. The van der Waals surface area contributed by atoms with Crippen molar-refractivity contribution in [2.24, 2.45) is 5.92 Å². The lowest BCUT2D eigenvalue weighted by Gasteiger charge is -2.24. The van der Waals surface area contributed by atoms with E-state index < -0.39 is 16.1 Å². The Hall–Kier alpha value is -3.26. The fourth-order valence-electron chi connectivity index (χ4n) is 4.71. The number of nitrogens with one attached hydrogen (secondary N) is 2. The van der Waals surface area contributed by atoms with E-state index in [1.807, 2.05) is 50.2 Å². The Balaban J connectivity index is 1.41. The van der Waals surface area contributed by atoms with Crippen molar-refractivity contribution in [3.05, 3.63) is 65.0 Å². The molecule has 2 amide bonds. The summed E-state index contributed by atoms with van der Waals surface area (Å²) in [5, 5.41) is 16.3. The lowest BCUT2D eigenvalue weighted by Crippen LogP contribution is -2.50. The highest BCUT2D eigenvalue weighted by Crippen LogP contribution is 2.26.